The predicted molar refractivity (Wildman–Crippen MR) is 112 cm³/mol. The van der Waals surface area contributed by atoms with Crippen LogP contribution in [-0.4, -0.2) is 77.1 Å². The summed E-state index contributed by atoms with van der Waals surface area (Å²) in [5, 5.41) is 11.8. The number of anilines is 1. The third-order valence-electron chi connectivity index (χ3n) is 6.36. The molecular formula is C22H31N5O. The fraction of sp³-hybridized carbons (Fsp3) is 0.500. The molecule has 2 fully saturated rings. The van der Waals surface area contributed by atoms with Crippen molar-refractivity contribution in [1.82, 2.24) is 19.7 Å². The van der Waals surface area contributed by atoms with Gasteiger partial charge in [-0.05, 0) is 25.1 Å². The molecule has 0 unspecified atom stereocenters. The van der Waals surface area contributed by atoms with Crippen LogP contribution >= 0.6 is 0 Å². The van der Waals surface area contributed by atoms with E-state index in [9.17, 15) is 5.11 Å². The maximum absolute atomic E-state index is 11.8. The van der Waals surface area contributed by atoms with Crippen LogP contribution in [0.1, 0.15) is 17.5 Å². The van der Waals surface area contributed by atoms with E-state index in [0.717, 1.165) is 56.9 Å². The maximum Gasteiger partial charge on any atom is 0.127 e. The highest BCUT2D eigenvalue weighted by Gasteiger charge is 2.46. The van der Waals surface area contributed by atoms with Crippen LogP contribution in [0.5, 0.6) is 0 Å². The Morgan fingerprint density at radius 1 is 1.07 bits per heavy atom. The number of likely N-dealkylation sites (tertiary alicyclic amines) is 1. The van der Waals surface area contributed by atoms with E-state index in [1.165, 1.54) is 0 Å². The lowest BCUT2D eigenvalue weighted by Gasteiger charge is -2.51. The SMILES string of the molecule is CN1CCN([C@@H]2CN(Cc3cccnc3N)CC[C@]2(O)c2ccccc2)CC1. The Morgan fingerprint density at radius 3 is 2.54 bits per heavy atom. The molecule has 0 spiro atoms. The zero-order valence-electron chi connectivity index (χ0n) is 16.7. The second-order valence-electron chi connectivity index (χ2n) is 8.18. The molecule has 6 heteroatoms. The Kier molecular flexibility index (Phi) is 5.64. The van der Waals surface area contributed by atoms with Crippen LogP contribution in [0.25, 0.3) is 0 Å². The highest BCUT2D eigenvalue weighted by molar-refractivity contribution is 5.38. The molecule has 0 aliphatic carbocycles. The second-order valence-corrected chi connectivity index (χ2v) is 8.18. The van der Waals surface area contributed by atoms with Gasteiger partial charge in [0.2, 0.25) is 0 Å². The molecule has 150 valence electrons. The first-order valence-electron chi connectivity index (χ1n) is 10.2. The van der Waals surface area contributed by atoms with Gasteiger partial charge in [-0.1, -0.05) is 36.4 Å². The monoisotopic (exact) mass is 381 g/mol. The molecule has 28 heavy (non-hydrogen) atoms. The fourth-order valence-electron chi connectivity index (χ4n) is 4.57. The molecule has 2 aliphatic rings. The van der Waals surface area contributed by atoms with Gasteiger partial charge >= 0.3 is 0 Å². The third kappa shape index (κ3) is 3.91. The van der Waals surface area contributed by atoms with Crippen LogP contribution in [0, 0.1) is 0 Å². The number of rotatable bonds is 4. The molecule has 3 N–H and O–H groups in total. The summed E-state index contributed by atoms with van der Waals surface area (Å²) < 4.78 is 0. The number of aliphatic hydroxyl groups is 1. The number of piperazine rings is 1. The molecule has 4 rings (SSSR count). The van der Waals surface area contributed by atoms with E-state index in [1.54, 1.807) is 6.20 Å². The molecule has 0 amide bonds. The fourth-order valence-corrected chi connectivity index (χ4v) is 4.57. The Bertz CT molecular complexity index is 778. The van der Waals surface area contributed by atoms with Crippen LogP contribution in [0.15, 0.2) is 48.7 Å². The van der Waals surface area contributed by atoms with E-state index >= 15 is 0 Å². The van der Waals surface area contributed by atoms with E-state index in [0.29, 0.717) is 12.2 Å². The Morgan fingerprint density at radius 2 is 1.82 bits per heavy atom. The molecule has 2 saturated heterocycles. The van der Waals surface area contributed by atoms with E-state index in [2.05, 4.69) is 38.9 Å². The number of nitrogens with two attached hydrogens (primary N) is 1. The summed E-state index contributed by atoms with van der Waals surface area (Å²) in [7, 11) is 2.17. The van der Waals surface area contributed by atoms with Crippen molar-refractivity contribution >= 4 is 5.82 Å². The summed E-state index contributed by atoms with van der Waals surface area (Å²) >= 11 is 0. The summed E-state index contributed by atoms with van der Waals surface area (Å²) in [6.07, 6.45) is 2.45. The number of aromatic nitrogens is 1. The van der Waals surface area contributed by atoms with Crippen molar-refractivity contribution < 1.29 is 5.11 Å². The average Bonchev–Trinajstić information content (AvgIpc) is 2.72. The molecular weight excluding hydrogens is 350 g/mol. The average molecular weight is 382 g/mol. The minimum Gasteiger partial charge on any atom is -0.383 e. The molecule has 2 aliphatic heterocycles. The molecule has 0 saturated carbocycles. The third-order valence-corrected chi connectivity index (χ3v) is 6.36. The minimum atomic E-state index is -0.825. The smallest absolute Gasteiger partial charge is 0.127 e. The van der Waals surface area contributed by atoms with E-state index in [1.807, 2.05) is 30.3 Å². The quantitative estimate of drug-likeness (QED) is 0.834. The topological polar surface area (TPSA) is 68.9 Å². The van der Waals surface area contributed by atoms with Crippen LogP contribution in [-0.2, 0) is 12.1 Å². The van der Waals surface area contributed by atoms with Gasteiger partial charge in [0, 0.05) is 57.6 Å². The second kappa shape index (κ2) is 8.17. The predicted octanol–water partition coefficient (Wildman–Crippen LogP) is 1.37. The summed E-state index contributed by atoms with van der Waals surface area (Å²) in [5.41, 5.74) is 7.33. The van der Waals surface area contributed by atoms with Gasteiger partial charge in [0.25, 0.3) is 0 Å². The zero-order chi connectivity index (χ0) is 19.6. The lowest BCUT2D eigenvalue weighted by molar-refractivity contribution is -0.108. The summed E-state index contributed by atoms with van der Waals surface area (Å²) in [6.45, 7) is 6.48. The van der Waals surface area contributed by atoms with Crippen LogP contribution in [0.3, 0.4) is 0 Å². The van der Waals surface area contributed by atoms with Crippen molar-refractivity contribution in [3.05, 3.63) is 59.8 Å². The lowest BCUT2D eigenvalue weighted by atomic mass is 9.79. The van der Waals surface area contributed by atoms with E-state index in [4.69, 9.17) is 5.73 Å². The van der Waals surface area contributed by atoms with Crippen LogP contribution in [0.4, 0.5) is 5.82 Å². The van der Waals surface area contributed by atoms with Gasteiger partial charge < -0.3 is 15.7 Å². The van der Waals surface area contributed by atoms with Gasteiger partial charge in [0.05, 0.1) is 6.04 Å². The van der Waals surface area contributed by atoms with Gasteiger partial charge in [0.1, 0.15) is 11.4 Å². The van der Waals surface area contributed by atoms with Crippen molar-refractivity contribution in [2.75, 3.05) is 52.0 Å². The Labute approximate surface area is 167 Å². The number of pyridine rings is 1. The van der Waals surface area contributed by atoms with Crippen LogP contribution in [0.2, 0.25) is 0 Å². The van der Waals surface area contributed by atoms with Crippen molar-refractivity contribution in [1.29, 1.82) is 0 Å². The minimum absolute atomic E-state index is 0.0650. The summed E-state index contributed by atoms with van der Waals surface area (Å²) in [5.74, 6) is 0.600. The molecule has 1 aromatic heterocycles. The number of nitrogen functional groups attached to an aromatic ring is 1. The first-order chi connectivity index (χ1) is 13.6. The number of likely N-dealkylation sites (N-methyl/N-ethyl adjacent to an activating group) is 1. The molecule has 2 aromatic rings. The largest absolute Gasteiger partial charge is 0.383 e. The normalized spacial score (nSPS) is 27.7. The Balaban J connectivity index is 1.58. The molecule has 2 atom stereocenters. The number of hydrogen-bond donors (Lipinski definition) is 2. The number of piperidine rings is 1. The molecule has 1 aromatic carbocycles. The number of nitrogens with zero attached hydrogens (tertiary/aromatic N) is 4. The molecule has 0 radical (unpaired) electrons. The van der Waals surface area contributed by atoms with Crippen molar-refractivity contribution in [2.45, 2.75) is 24.6 Å². The number of hydrogen-bond acceptors (Lipinski definition) is 6. The first-order valence-corrected chi connectivity index (χ1v) is 10.2. The van der Waals surface area contributed by atoms with E-state index < -0.39 is 5.60 Å². The summed E-state index contributed by atoms with van der Waals surface area (Å²) in [6, 6.07) is 14.2. The van der Waals surface area contributed by atoms with Gasteiger partial charge in [-0.25, -0.2) is 4.98 Å². The highest BCUT2D eigenvalue weighted by Crippen LogP contribution is 2.37. The lowest BCUT2D eigenvalue weighted by Crippen LogP contribution is -2.63. The van der Waals surface area contributed by atoms with Crippen molar-refractivity contribution in [3.8, 4) is 0 Å². The van der Waals surface area contributed by atoms with Gasteiger partial charge in [-0.2, -0.15) is 0 Å². The van der Waals surface area contributed by atoms with Gasteiger partial charge in [-0.15, -0.1) is 0 Å². The van der Waals surface area contributed by atoms with Crippen molar-refractivity contribution in [2.24, 2.45) is 0 Å². The number of benzene rings is 1. The van der Waals surface area contributed by atoms with Crippen LogP contribution < -0.4 is 5.73 Å². The molecule has 3 heterocycles. The highest BCUT2D eigenvalue weighted by atomic mass is 16.3. The summed E-state index contributed by atoms with van der Waals surface area (Å²) in [4.78, 5) is 11.5. The first kappa shape index (κ1) is 19.3. The Hall–Kier alpha value is -1.99. The molecule has 6 nitrogen and oxygen atoms in total. The van der Waals surface area contributed by atoms with E-state index in [-0.39, 0.29) is 6.04 Å². The maximum atomic E-state index is 11.8. The molecule has 0 bridgehead atoms. The zero-order valence-corrected chi connectivity index (χ0v) is 16.7. The standard InChI is InChI=1S/C22H31N5O/c1-25-12-14-27(15-13-25)20-17-26(16-18-6-5-10-24-21(18)23)11-9-22(20,28)19-7-3-2-4-8-19/h2-8,10,20,28H,9,11-17H2,1H3,(H2,23,24)/t20-,22+/m1/s1. The van der Waals surface area contributed by atoms with Gasteiger partial charge in [-0.3, -0.25) is 9.80 Å². The van der Waals surface area contributed by atoms with Crippen molar-refractivity contribution in [3.63, 3.8) is 0 Å². The van der Waals surface area contributed by atoms with Gasteiger partial charge in [0.15, 0.2) is 0 Å².